The summed E-state index contributed by atoms with van der Waals surface area (Å²) in [6.07, 6.45) is 0.746. The van der Waals surface area contributed by atoms with E-state index >= 15 is 0 Å². The molecule has 1 N–H and O–H groups in total. The van der Waals surface area contributed by atoms with E-state index in [9.17, 15) is 13.9 Å². The lowest BCUT2D eigenvalue weighted by molar-refractivity contribution is -0.0266. The molecule has 0 aromatic heterocycles. The summed E-state index contributed by atoms with van der Waals surface area (Å²) in [5.41, 5.74) is 0.140. The van der Waals surface area contributed by atoms with Crippen molar-refractivity contribution < 1.29 is 13.9 Å². The fourth-order valence-electron chi connectivity index (χ4n) is 3.14. The van der Waals surface area contributed by atoms with Crippen molar-refractivity contribution in [3.8, 4) is 0 Å². The lowest BCUT2D eigenvalue weighted by Crippen LogP contribution is -2.50. The summed E-state index contributed by atoms with van der Waals surface area (Å²) in [7, 11) is 1.76. The van der Waals surface area contributed by atoms with Gasteiger partial charge in [-0.05, 0) is 37.6 Å². The first-order chi connectivity index (χ1) is 8.27. The van der Waals surface area contributed by atoms with Crippen molar-refractivity contribution >= 4 is 0 Å². The monoisotopic (exact) mass is 263 g/mol. The molecule has 0 bridgehead atoms. The van der Waals surface area contributed by atoms with Crippen LogP contribution in [0.5, 0.6) is 0 Å². The summed E-state index contributed by atoms with van der Waals surface area (Å²) < 4.78 is 25.1. The second kappa shape index (κ2) is 6.29. The van der Waals surface area contributed by atoms with Crippen molar-refractivity contribution in [1.29, 1.82) is 0 Å². The summed E-state index contributed by atoms with van der Waals surface area (Å²) in [5, 5.41) is 9.80. The highest BCUT2D eigenvalue weighted by Crippen LogP contribution is 2.42. The lowest BCUT2D eigenvalue weighted by Gasteiger charge is -2.47. The third-order valence-corrected chi connectivity index (χ3v) is 4.70. The van der Waals surface area contributed by atoms with Gasteiger partial charge in [-0.15, -0.1) is 0 Å². The van der Waals surface area contributed by atoms with Crippen LogP contribution in [0, 0.1) is 11.3 Å². The third kappa shape index (κ3) is 3.89. The van der Waals surface area contributed by atoms with Crippen LogP contribution in [0.15, 0.2) is 0 Å². The first-order valence-corrected chi connectivity index (χ1v) is 6.94. The molecule has 3 unspecified atom stereocenters. The Morgan fingerprint density at radius 2 is 1.94 bits per heavy atom. The molecule has 1 aliphatic rings. The number of hydrogen-bond acceptors (Lipinski definition) is 2. The fraction of sp³-hybridized carbons (Fsp3) is 1.00. The summed E-state index contributed by atoms with van der Waals surface area (Å²) in [6.45, 7) is 6.36. The summed E-state index contributed by atoms with van der Waals surface area (Å²) in [5.74, 6) is 0.384. The van der Waals surface area contributed by atoms with Crippen LogP contribution in [0.2, 0.25) is 0 Å². The molecule has 0 amide bonds. The Morgan fingerprint density at radius 3 is 2.44 bits per heavy atom. The normalized spacial score (nSPS) is 30.2. The van der Waals surface area contributed by atoms with Gasteiger partial charge in [0, 0.05) is 6.04 Å². The van der Waals surface area contributed by atoms with Gasteiger partial charge >= 0.3 is 0 Å². The Morgan fingerprint density at radius 1 is 1.33 bits per heavy atom. The SMILES string of the molecule is CCC(C)(C)C1CCC(O)CC1N(C)CC(F)F. The van der Waals surface area contributed by atoms with Crippen molar-refractivity contribution in [3.05, 3.63) is 0 Å². The molecule has 0 aromatic rings. The number of halogens is 2. The Balaban J connectivity index is 2.79. The Kier molecular flexibility index (Phi) is 5.53. The van der Waals surface area contributed by atoms with E-state index in [-0.39, 0.29) is 24.1 Å². The van der Waals surface area contributed by atoms with E-state index in [2.05, 4.69) is 20.8 Å². The zero-order valence-electron chi connectivity index (χ0n) is 12.0. The molecule has 2 nitrogen and oxygen atoms in total. The van der Waals surface area contributed by atoms with Gasteiger partial charge in [0.2, 0.25) is 0 Å². The van der Waals surface area contributed by atoms with Gasteiger partial charge in [0.15, 0.2) is 0 Å². The van der Waals surface area contributed by atoms with Gasteiger partial charge in [-0.2, -0.15) is 0 Å². The van der Waals surface area contributed by atoms with Gasteiger partial charge in [0.1, 0.15) is 0 Å². The van der Waals surface area contributed by atoms with Gasteiger partial charge in [0.25, 0.3) is 6.43 Å². The van der Waals surface area contributed by atoms with Crippen molar-refractivity contribution in [3.63, 3.8) is 0 Å². The Labute approximate surface area is 109 Å². The Hall–Kier alpha value is -0.220. The minimum absolute atomic E-state index is 0.0673. The predicted octanol–water partition coefficient (Wildman–Crippen LogP) is 3.15. The van der Waals surface area contributed by atoms with Gasteiger partial charge in [-0.3, -0.25) is 4.90 Å². The van der Waals surface area contributed by atoms with Crippen molar-refractivity contribution in [2.24, 2.45) is 11.3 Å². The molecule has 3 atom stereocenters. The molecule has 18 heavy (non-hydrogen) atoms. The van der Waals surface area contributed by atoms with Gasteiger partial charge in [0.05, 0.1) is 12.6 Å². The zero-order valence-corrected chi connectivity index (χ0v) is 12.0. The van der Waals surface area contributed by atoms with Crippen LogP contribution in [-0.4, -0.2) is 42.2 Å². The van der Waals surface area contributed by atoms with E-state index in [0.29, 0.717) is 12.3 Å². The highest BCUT2D eigenvalue weighted by Gasteiger charge is 2.40. The van der Waals surface area contributed by atoms with Crippen LogP contribution in [0.4, 0.5) is 8.78 Å². The van der Waals surface area contributed by atoms with E-state index in [1.807, 2.05) is 0 Å². The van der Waals surface area contributed by atoms with Crippen LogP contribution in [0.25, 0.3) is 0 Å². The highest BCUT2D eigenvalue weighted by molar-refractivity contribution is 4.92. The van der Waals surface area contributed by atoms with Crippen molar-refractivity contribution in [2.75, 3.05) is 13.6 Å². The van der Waals surface area contributed by atoms with Crippen LogP contribution < -0.4 is 0 Å². The van der Waals surface area contributed by atoms with Crippen LogP contribution >= 0.6 is 0 Å². The maximum Gasteiger partial charge on any atom is 0.251 e. The molecule has 0 radical (unpaired) electrons. The van der Waals surface area contributed by atoms with Gasteiger partial charge < -0.3 is 5.11 Å². The number of rotatable bonds is 5. The summed E-state index contributed by atoms with van der Waals surface area (Å²) in [6, 6.07) is 0.0673. The maximum atomic E-state index is 12.5. The number of nitrogens with zero attached hydrogens (tertiary/aromatic N) is 1. The topological polar surface area (TPSA) is 23.5 Å². The number of aliphatic hydroxyl groups excluding tert-OH is 1. The smallest absolute Gasteiger partial charge is 0.251 e. The molecule has 1 fully saturated rings. The van der Waals surface area contributed by atoms with E-state index in [4.69, 9.17) is 0 Å². The number of hydrogen-bond donors (Lipinski definition) is 1. The third-order valence-electron chi connectivity index (χ3n) is 4.70. The molecule has 4 heteroatoms. The molecule has 1 rings (SSSR count). The van der Waals surface area contributed by atoms with Crippen LogP contribution in [0.3, 0.4) is 0 Å². The molecule has 1 aliphatic carbocycles. The Bertz CT molecular complexity index is 258. The maximum absolute atomic E-state index is 12.5. The number of aliphatic hydroxyl groups is 1. The molecule has 0 aliphatic heterocycles. The molecular weight excluding hydrogens is 236 g/mol. The first-order valence-electron chi connectivity index (χ1n) is 6.94. The van der Waals surface area contributed by atoms with Crippen LogP contribution in [-0.2, 0) is 0 Å². The standard InChI is InChI=1S/C14H27F2NO/c1-5-14(2,3)11-7-6-10(18)8-12(11)17(4)9-13(15)16/h10-13,18H,5-9H2,1-4H3. The summed E-state index contributed by atoms with van der Waals surface area (Å²) in [4.78, 5) is 1.75. The quantitative estimate of drug-likeness (QED) is 0.823. The zero-order chi connectivity index (χ0) is 13.9. The van der Waals surface area contributed by atoms with E-state index in [1.54, 1.807) is 11.9 Å². The summed E-state index contributed by atoms with van der Waals surface area (Å²) >= 11 is 0. The molecule has 0 spiro atoms. The average Bonchev–Trinajstić information content (AvgIpc) is 2.27. The minimum Gasteiger partial charge on any atom is -0.393 e. The van der Waals surface area contributed by atoms with Gasteiger partial charge in [-0.1, -0.05) is 27.2 Å². The predicted molar refractivity (Wildman–Crippen MR) is 69.8 cm³/mol. The molecule has 108 valence electrons. The van der Waals surface area contributed by atoms with Crippen LogP contribution in [0.1, 0.15) is 46.5 Å². The van der Waals surface area contributed by atoms with Crippen molar-refractivity contribution in [2.45, 2.75) is 65.0 Å². The molecule has 0 aromatic carbocycles. The average molecular weight is 263 g/mol. The largest absolute Gasteiger partial charge is 0.393 e. The second-order valence-electron chi connectivity index (χ2n) is 6.31. The molecule has 0 heterocycles. The molecular formula is C14H27F2NO. The lowest BCUT2D eigenvalue weighted by atomic mass is 9.66. The van der Waals surface area contributed by atoms with Gasteiger partial charge in [-0.25, -0.2) is 8.78 Å². The molecule has 1 saturated carbocycles. The first kappa shape index (κ1) is 15.8. The minimum atomic E-state index is -2.31. The number of alkyl halides is 2. The van der Waals surface area contributed by atoms with E-state index in [1.165, 1.54) is 0 Å². The van der Waals surface area contributed by atoms with E-state index < -0.39 is 6.43 Å². The van der Waals surface area contributed by atoms with E-state index in [0.717, 1.165) is 19.3 Å². The highest BCUT2D eigenvalue weighted by atomic mass is 19.3. The molecule has 0 saturated heterocycles. The van der Waals surface area contributed by atoms with Crippen molar-refractivity contribution in [1.82, 2.24) is 4.90 Å². The second-order valence-corrected chi connectivity index (χ2v) is 6.31. The fourth-order valence-corrected chi connectivity index (χ4v) is 3.14.